The first-order valence-corrected chi connectivity index (χ1v) is 14.3. The van der Waals surface area contributed by atoms with Crippen molar-refractivity contribution in [3.05, 3.63) is 82.9 Å². The summed E-state index contributed by atoms with van der Waals surface area (Å²) >= 11 is 6.26. The van der Waals surface area contributed by atoms with Gasteiger partial charge in [0.05, 0.1) is 23.8 Å². The second-order valence-electron chi connectivity index (χ2n) is 9.83. The monoisotopic (exact) mass is 550 g/mol. The molecule has 0 heterocycles. The predicted octanol–water partition coefficient (Wildman–Crippen LogP) is 9.17. The number of unbranched alkanes of at least 4 members (excludes halogenated alkanes) is 5. The van der Waals surface area contributed by atoms with Crippen molar-refractivity contribution >= 4 is 23.5 Å². The van der Waals surface area contributed by atoms with Gasteiger partial charge in [-0.25, -0.2) is 9.59 Å². The van der Waals surface area contributed by atoms with E-state index in [1.54, 1.807) is 24.3 Å². The molecule has 0 N–H and O–H groups in total. The standard InChI is InChI=1S/C33H39ClO5/c1-4-6-7-8-9-10-22-37-28-20-18-26(19-21-28)25-14-16-27(17-15-25)32(35)39-30-13-11-12-29(34)31(30)33(36)38-23-24(3)5-2/h11-21,24H,4-10,22-23H2,1-3H3/t24-/m0/s1. The maximum Gasteiger partial charge on any atom is 0.343 e. The van der Waals surface area contributed by atoms with Crippen molar-refractivity contribution in [1.29, 1.82) is 0 Å². The van der Waals surface area contributed by atoms with E-state index in [-0.39, 0.29) is 28.9 Å². The largest absolute Gasteiger partial charge is 0.494 e. The fourth-order valence-electron chi connectivity index (χ4n) is 3.97. The molecule has 39 heavy (non-hydrogen) atoms. The van der Waals surface area contributed by atoms with Gasteiger partial charge in [0.15, 0.2) is 0 Å². The minimum Gasteiger partial charge on any atom is -0.494 e. The molecular weight excluding hydrogens is 512 g/mol. The van der Waals surface area contributed by atoms with Crippen LogP contribution < -0.4 is 9.47 Å². The molecule has 3 aromatic rings. The lowest BCUT2D eigenvalue weighted by Crippen LogP contribution is -2.15. The molecule has 0 aromatic heterocycles. The average Bonchev–Trinajstić information content (AvgIpc) is 2.95. The summed E-state index contributed by atoms with van der Waals surface area (Å²) in [6, 6.07) is 19.8. The van der Waals surface area contributed by atoms with Crippen molar-refractivity contribution in [1.82, 2.24) is 0 Å². The van der Waals surface area contributed by atoms with Gasteiger partial charge >= 0.3 is 11.9 Å². The molecule has 1 atom stereocenters. The Kier molecular flexibility index (Phi) is 12.4. The van der Waals surface area contributed by atoms with E-state index < -0.39 is 11.9 Å². The topological polar surface area (TPSA) is 61.8 Å². The van der Waals surface area contributed by atoms with Gasteiger partial charge in [-0.05, 0) is 59.9 Å². The Labute approximate surface area is 237 Å². The molecular formula is C33H39ClO5. The number of halogens is 1. The molecule has 3 rings (SSSR count). The third-order valence-corrected chi connectivity index (χ3v) is 6.97. The van der Waals surface area contributed by atoms with Gasteiger partial charge in [-0.1, -0.05) is 101 Å². The smallest absolute Gasteiger partial charge is 0.343 e. The van der Waals surface area contributed by atoms with Gasteiger partial charge in [-0.15, -0.1) is 0 Å². The number of carbonyl (C=O) groups excluding carboxylic acids is 2. The van der Waals surface area contributed by atoms with Gasteiger partial charge in [0, 0.05) is 0 Å². The molecule has 5 nitrogen and oxygen atoms in total. The molecule has 0 aliphatic heterocycles. The minimum absolute atomic E-state index is 0.0474. The lowest BCUT2D eigenvalue weighted by atomic mass is 10.0. The van der Waals surface area contributed by atoms with Crippen LogP contribution in [0.5, 0.6) is 11.5 Å². The third kappa shape index (κ3) is 9.43. The molecule has 0 saturated carbocycles. The zero-order valence-electron chi connectivity index (χ0n) is 23.2. The number of hydrogen-bond donors (Lipinski definition) is 0. The highest BCUT2D eigenvalue weighted by Crippen LogP contribution is 2.29. The molecule has 208 valence electrons. The molecule has 0 fully saturated rings. The summed E-state index contributed by atoms with van der Waals surface area (Å²) in [6.07, 6.45) is 8.29. The summed E-state index contributed by atoms with van der Waals surface area (Å²) in [5, 5.41) is 0.171. The van der Waals surface area contributed by atoms with Crippen molar-refractivity contribution in [2.24, 2.45) is 5.92 Å². The van der Waals surface area contributed by atoms with E-state index in [1.807, 2.05) is 50.2 Å². The van der Waals surface area contributed by atoms with E-state index in [0.29, 0.717) is 5.56 Å². The van der Waals surface area contributed by atoms with Crippen LogP contribution in [0, 0.1) is 5.92 Å². The Morgan fingerprint density at radius 1 is 0.795 bits per heavy atom. The molecule has 0 saturated heterocycles. The second kappa shape index (κ2) is 15.9. The highest BCUT2D eigenvalue weighted by Gasteiger charge is 2.21. The Morgan fingerprint density at radius 2 is 1.44 bits per heavy atom. The number of hydrogen-bond acceptors (Lipinski definition) is 5. The highest BCUT2D eigenvalue weighted by molar-refractivity contribution is 6.34. The normalized spacial score (nSPS) is 11.6. The summed E-state index contributed by atoms with van der Waals surface area (Å²) in [6.45, 7) is 7.23. The maximum absolute atomic E-state index is 12.9. The SMILES string of the molecule is CCCCCCCCOc1ccc(-c2ccc(C(=O)Oc3cccc(Cl)c3C(=O)OC[C@@H](C)CC)cc2)cc1. The molecule has 0 bridgehead atoms. The van der Waals surface area contributed by atoms with Crippen molar-refractivity contribution in [3.8, 4) is 22.6 Å². The first-order valence-electron chi connectivity index (χ1n) is 13.9. The van der Waals surface area contributed by atoms with Crippen LogP contribution in [0.2, 0.25) is 5.02 Å². The Hall–Kier alpha value is -3.31. The zero-order chi connectivity index (χ0) is 28.0. The maximum atomic E-state index is 12.9. The number of ether oxygens (including phenoxy) is 3. The van der Waals surface area contributed by atoms with Gasteiger partial charge in [0.1, 0.15) is 17.1 Å². The molecule has 0 spiro atoms. The van der Waals surface area contributed by atoms with E-state index in [9.17, 15) is 9.59 Å². The van der Waals surface area contributed by atoms with Crippen LogP contribution in [0.3, 0.4) is 0 Å². The summed E-state index contributed by atoms with van der Waals surface area (Å²) in [5.74, 6) is -0.0544. The molecule has 3 aromatic carbocycles. The average molecular weight is 551 g/mol. The van der Waals surface area contributed by atoms with E-state index in [0.717, 1.165) is 36.3 Å². The van der Waals surface area contributed by atoms with Crippen LogP contribution in [-0.4, -0.2) is 25.2 Å². The van der Waals surface area contributed by atoms with Crippen molar-refractivity contribution in [2.75, 3.05) is 13.2 Å². The third-order valence-electron chi connectivity index (χ3n) is 6.65. The lowest BCUT2D eigenvalue weighted by Gasteiger charge is -2.13. The molecule has 0 aliphatic carbocycles. The molecule has 0 unspecified atom stereocenters. The number of esters is 2. The fraction of sp³-hybridized carbons (Fsp3) is 0.394. The van der Waals surface area contributed by atoms with Crippen LogP contribution >= 0.6 is 11.6 Å². The van der Waals surface area contributed by atoms with Crippen LogP contribution in [0.1, 0.15) is 86.4 Å². The van der Waals surface area contributed by atoms with Crippen LogP contribution in [0.15, 0.2) is 66.7 Å². The molecule has 0 radical (unpaired) electrons. The van der Waals surface area contributed by atoms with E-state index in [2.05, 4.69) is 6.92 Å². The predicted molar refractivity (Wildman–Crippen MR) is 157 cm³/mol. The second-order valence-corrected chi connectivity index (χ2v) is 10.2. The van der Waals surface area contributed by atoms with Gasteiger partial charge in [0.25, 0.3) is 0 Å². The number of benzene rings is 3. The summed E-state index contributed by atoms with van der Waals surface area (Å²) in [7, 11) is 0. The number of rotatable bonds is 15. The first kappa shape index (κ1) is 30.2. The van der Waals surface area contributed by atoms with Gasteiger partial charge in [-0.2, -0.15) is 0 Å². The van der Waals surface area contributed by atoms with Crippen LogP contribution in [0.25, 0.3) is 11.1 Å². The molecule has 0 aliphatic rings. The van der Waals surface area contributed by atoms with Gasteiger partial charge in [-0.3, -0.25) is 0 Å². The van der Waals surface area contributed by atoms with Crippen molar-refractivity contribution in [2.45, 2.75) is 65.7 Å². The molecule has 0 amide bonds. The fourth-order valence-corrected chi connectivity index (χ4v) is 4.21. The van der Waals surface area contributed by atoms with Gasteiger partial charge in [0.2, 0.25) is 0 Å². The minimum atomic E-state index is -0.613. The lowest BCUT2D eigenvalue weighted by molar-refractivity contribution is 0.0442. The summed E-state index contributed by atoms with van der Waals surface area (Å²) < 4.78 is 16.8. The van der Waals surface area contributed by atoms with Crippen LogP contribution in [0.4, 0.5) is 0 Å². The molecule has 6 heteroatoms. The zero-order valence-corrected chi connectivity index (χ0v) is 24.0. The van der Waals surface area contributed by atoms with Crippen molar-refractivity contribution in [3.63, 3.8) is 0 Å². The Balaban J connectivity index is 1.57. The number of carbonyl (C=O) groups is 2. The quantitative estimate of drug-likeness (QED) is 0.107. The summed E-state index contributed by atoms with van der Waals surface area (Å²) in [4.78, 5) is 25.5. The van der Waals surface area contributed by atoms with Gasteiger partial charge < -0.3 is 14.2 Å². The Bertz CT molecular complexity index is 1190. The van der Waals surface area contributed by atoms with Crippen molar-refractivity contribution < 1.29 is 23.8 Å². The highest BCUT2D eigenvalue weighted by atomic mass is 35.5. The summed E-state index contributed by atoms with van der Waals surface area (Å²) in [5.41, 5.74) is 2.39. The van der Waals surface area contributed by atoms with E-state index in [1.165, 1.54) is 38.2 Å². The van der Waals surface area contributed by atoms with E-state index in [4.69, 9.17) is 25.8 Å². The Morgan fingerprint density at radius 3 is 2.10 bits per heavy atom. The van der Waals surface area contributed by atoms with Crippen LogP contribution in [-0.2, 0) is 4.74 Å². The first-order chi connectivity index (χ1) is 18.9. The van der Waals surface area contributed by atoms with E-state index >= 15 is 0 Å².